The van der Waals surface area contributed by atoms with Gasteiger partial charge in [0.05, 0.1) is 11.1 Å². The Labute approximate surface area is 162 Å². The molecule has 1 heterocycles. The molecule has 5 nitrogen and oxygen atoms in total. The molecule has 0 bridgehead atoms. The average molecular weight is 383 g/mol. The van der Waals surface area contributed by atoms with Gasteiger partial charge < -0.3 is 10.1 Å². The van der Waals surface area contributed by atoms with Crippen LogP contribution in [-0.2, 0) is 9.53 Å². The van der Waals surface area contributed by atoms with Crippen LogP contribution in [0.3, 0.4) is 0 Å². The number of anilines is 1. The van der Waals surface area contributed by atoms with Crippen LogP contribution in [0.4, 0.5) is 5.69 Å². The van der Waals surface area contributed by atoms with E-state index in [1.54, 1.807) is 37.3 Å². The molecule has 1 aromatic heterocycles. The maximum absolute atomic E-state index is 12.6. The van der Waals surface area contributed by atoms with E-state index < -0.39 is 18.0 Å². The molecule has 3 rings (SSSR count). The fourth-order valence-corrected chi connectivity index (χ4v) is 2.89. The highest BCUT2D eigenvalue weighted by atomic mass is 35.5. The summed E-state index contributed by atoms with van der Waals surface area (Å²) in [5, 5.41) is 3.94. The lowest BCUT2D eigenvalue weighted by atomic mass is 10.1. The Morgan fingerprint density at radius 1 is 1.11 bits per heavy atom. The van der Waals surface area contributed by atoms with Gasteiger partial charge in [0, 0.05) is 21.8 Å². The number of nitrogens with one attached hydrogen (secondary N) is 1. The molecule has 6 heteroatoms. The molecule has 1 atom stereocenters. The standard InChI is InChI=1S/C21H19ClN2O3/c1-12-8-9-15(22)11-19(12)24-20(25)14(3)27-21(26)17-10-13(2)23-18-7-5-4-6-16(17)18/h4-11,14H,1-3H3,(H,24,25)/t14-/m0/s1. The Balaban J connectivity index is 1.78. The van der Waals surface area contributed by atoms with Crippen molar-refractivity contribution in [1.29, 1.82) is 0 Å². The maximum atomic E-state index is 12.6. The van der Waals surface area contributed by atoms with E-state index in [4.69, 9.17) is 16.3 Å². The quantitative estimate of drug-likeness (QED) is 0.664. The number of hydrogen-bond donors (Lipinski definition) is 1. The molecule has 1 N–H and O–H groups in total. The van der Waals surface area contributed by atoms with Crippen LogP contribution in [0.2, 0.25) is 5.02 Å². The average Bonchev–Trinajstić information content (AvgIpc) is 2.63. The number of fused-ring (bicyclic) bond motifs is 1. The molecular weight excluding hydrogens is 364 g/mol. The monoisotopic (exact) mass is 382 g/mol. The number of carbonyl (C=O) groups is 2. The topological polar surface area (TPSA) is 68.3 Å². The number of nitrogens with zero attached hydrogens (tertiary/aromatic N) is 1. The highest BCUT2D eigenvalue weighted by Gasteiger charge is 2.21. The third-order valence-electron chi connectivity index (χ3n) is 4.17. The summed E-state index contributed by atoms with van der Waals surface area (Å²) in [4.78, 5) is 29.5. The van der Waals surface area contributed by atoms with Gasteiger partial charge >= 0.3 is 5.97 Å². The lowest BCUT2D eigenvalue weighted by Crippen LogP contribution is -2.30. The fraction of sp³-hybridized carbons (Fsp3) is 0.190. The lowest BCUT2D eigenvalue weighted by Gasteiger charge is -2.16. The number of aromatic nitrogens is 1. The predicted molar refractivity (Wildman–Crippen MR) is 106 cm³/mol. The van der Waals surface area contributed by atoms with E-state index in [1.165, 1.54) is 6.92 Å². The number of pyridine rings is 1. The molecule has 0 fully saturated rings. The number of amides is 1. The summed E-state index contributed by atoms with van der Waals surface area (Å²) in [7, 11) is 0. The molecule has 3 aromatic rings. The zero-order valence-electron chi connectivity index (χ0n) is 15.2. The second-order valence-corrected chi connectivity index (χ2v) is 6.76. The number of ether oxygens (including phenoxy) is 1. The van der Waals surface area contributed by atoms with E-state index in [0.717, 1.165) is 5.56 Å². The van der Waals surface area contributed by atoms with Crippen molar-refractivity contribution in [3.63, 3.8) is 0 Å². The molecule has 0 unspecified atom stereocenters. The van der Waals surface area contributed by atoms with Crippen molar-refractivity contribution in [3.05, 3.63) is 70.4 Å². The number of aryl methyl sites for hydroxylation is 2. The fourth-order valence-electron chi connectivity index (χ4n) is 2.72. The van der Waals surface area contributed by atoms with E-state index >= 15 is 0 Å². The second-order valence-electron chi connectivity index (χ2n) is 6.32. The number of para-hydroxylation sites is 1. The summed E-state index contributed by atoms with van der Waals surface area (Å²) >= 11 is 5.97. The number of benzene rings is 2. The summed E-state index contributed by atoms with van der Waals surface area (Å²) in [6.45, 7) is 5.19. The van der Waals surface area contributed by atoms with Crippen molar-refractivity contribution < 1.29 is 14.3 Å². The summed E-state index contributed by atoms with van der Waals surface area (Å²) in [6, 6.07) is 14.2. The van der Waals surface area contributed by atoms with Crippen molar-refractivity contribution in [2.75, 3.05) is 5.32 Å². The predicted octanol–water partition coefficient (Wildman–Crippen LogP) is 4.69. The summed E-state index contributed by atoms with van der Waals surface area (Å²) in [5.41, 5.74) is 3.24. The number of esters is 1. The van der Waals surface area contributed by atoms with Crippen LogP contribution in [0.25, 0.3) is 10.9 Å². The molecule has 27 heavy (non-hydrogen) atoms. The first-order valence-electron chi connectivity index (χ1n) is 8.49. The summed E-state index contributed by atoms with van der Waals surface area (Å²) in [5.74, 6) is -0.994. The van der Waals surface area contributed by atoms with Gasteiger partial charge in [0.1, 0.15) is 0 Å². The van der Waals surface area contributed by atoms with Crippen molar-refractivity contribution in [2.45, 2.75) is 26.9 Å². The minimum absolute atomic E-state index is 0.386. The smallest absolute Gasteiger partial charge is 0.339 e. The highest BCUT2D eigenvalue weighted by molar-refractivity contribution is 6.31. The van der Waals surface area contributed by atoms with Crippen LogP contribution in [0.5, 0.6) is 0 Å². The third kappa shape index (κ3) is 4.26. The lowest BCUT2D eigenvalue weighted by molar-refractivity contribution is -0.123. The Morgan fingerprint density at radius 3 is 2.63 bits per heavy atom. The Bertz CT molecular complexity index is 1030. The molecule has 1 amide bonds. The molecule has 0 aliphatic rings. The summed E-state index contributed by atoms with van der Waals surface area (Å²) in [6.07, 6.45) is -0.969. The number of halogens is 1. The largest absolute Gasteiger partial charge is 0.449 e. The van der Waals surface area contributed by atoms with Gasteiger partial charge in [-0.3, -0.25) is 9.78 Å². The van der Waals surface area contributed by atoms with Gasteiger partial charge in [0.2, 0.25) is 0 Å². The zero-order chi connectivity index (χ0) is 19.6. The van der Waals surface area contributed by atoms with E-state index in [1.807, 2.05) is 25.1 Å². The van der Waals surface area contributed by atoms with Crippen molar-refractivity contribution in [3.8, 4) is 0 Å². The van der Waals surface area contributed by atoms with Crippen LogP contribution in [0, 0.1) is 13.8 Å². The van der Waals surface area contributed by atoms with Crippen LogP contribution < -0.4 is 5.32 Å². The first-order chi connectivity index (χ1) is 12.8. The van der Waals surface area contributed by atoms with Crippen LogP contribution in [0.1, 0.15) is 28.5 Å². The van der Waals surface area contributed by atoms with Crippen molar-refractivity contribution in [1.82, 2.24) is 4.98 Å². The van der Waals surface area contributed by atoms with Crippen LogP contribution >= 0.6 is 11.6 Å². The molecule has 0 saturated heterocycles. The SMILES string of the molecule is Cc1cc(C(=O)O[C@@H](C)C(=O)Nc2cc(Cl)ccc2C)c2ccccc2n1. The van der Waals surface area contributed by atoms with Crippen LogP contribution in [0.15, 0.2) is 48.5 Å². The molecule has 0 aliphatic carbocycles. The highest BCUT2D eigenvalue weighted by Crippen LogP contribution is 2.22. The maximum Gasteiger partial charge on any atom is 0.339 e. The molecule has 0 saturated carbocycles. The zero-order valence-corrected chi connectivity index (χ0v) is 16.0. The van der Waals surface area contributed by atoms with Crippen LogP contribution in [-0.4, -0.2) is 23.0 Å². The normalized spacial score (nSPS) is 11.9. The number of carbonyl (C=O) groups excluding carboxylic acids is 2. The molecule has 138 valence electrons. The van der Waals surface area contributed by atoms with Gasteiger partial charge in [0.25, 0.3) is 5.91 Å². The van der Waals surface area contributed by atoms with Gasteiger partial charge in [-0.1, -0.05) is 35.9 Å². The van der Waals surface area contributed by atoms with Gasteiger partial charge in [0.15, 0.2) is 6.10 Å². The third-order valence-corrected chi connectivity index (χ3v) is 4.41. The first kappa shape index (κ1) is 18.9. The molecule has 0 radical (unpaired) electrons. The van der Waals surface area contributed by atoms with E-state index in [9.17, 15) is 9.59 Å². The van der Waals surface area contributed by atoms with E-state index in [-0.39, 0.29) is 0 Å². The van der Waals surface area contributed by atoms with Gasteiger partial charge in [-0.15, -0.1) is 0 Å². The van der Waals surface area contributed by atoms with Gasteiger partial charge in [-0.2, -0.15) is 0 Å². The Hall–Kier alpha value is -2.92. The van der Waals surface area contributed by atoms with E-state index in [0.29, 0.717) is 32.9 Å². The molecule has 2 aromatic carbocycles. The first-order valence-corrected chi connectivity index (χ1v) is 8.87. The van der Waals surface area contributed by atoms with Crippen molar-refractivity contribution >= 4 is 40.1 Å². The minimum atomic E-state index is -0.969. The summed E-state index contributed by atoms with van der Waals surface area (Å²) < 4.78 is 5.39. The van der Waals surface area contributed by atoms with E-state index in [2.05, 4.69) is 10.3 Å². The van der Waals surface area contributed by atoms with Crippen molar-refractivity contribution in [2.24, 2.45) is 0 Å². The number of hydrogen-bond acceptors (Lipinski definition) is 4. The second kappa shape index (κ2) is 7.76. The molecule has 0 aliphatic heterocycles. The minimum Gasteiger partial charge on any atom is -0.449 e. The Morgan fingerprint density at radius 2 is 1.85 bits per heavy atom. The van der Waals surface area contributed by atoms with Gasteiger partial charge in [-0.05, 0) is 50.6 Å². The Kier molecular flexibility index (Phi) is 5.42. The molecule has 0 spiro atoms. The van der Waals surface area contributed by atoms with Gasteiger partial charge in [-0.25, -0.2) is 4.79 Å². The number of rotatable bonds is 4. The molecular formula is C21H19ClN2O3.